The predicted molar refractivity (Wildman–Crippen MR) is 275 cm³/mol. The molecule has 386 valence electrons. The third-order valence-electron chi connectivity index (χ3n) is 12.7. The van der Waals surface area contributed by atoms with Crippen LogP contribution >= 0.6 is 0 Å². The van der Waals surface area contributed by atoms with Gasteiger partial charge in [0.2, 0.25) is 0 Å². The lowest BCUT2D eigenvalue weighted by Crippen LogP contribution is -2.59. The first-order chi connectivity index (χ1) is 32.4. The second-order valence-corrected chi connectivity index (χ2v) is 19.0. The Morgan fingerprint density at radius 2 is 0.879 bits per heavy atom. The number of hydrogen-bond donors (Lipinski definition) is 4. The van der Waals surface area contributed by atoms with Crippen LogP contribution < -0.4 is 0 Å². The van der Waals surface area contributed by atoms with Crippen LogP contribution in [0, 0.1) is 0 Å². The monoisotopic (exact) mass is 933 g/mol. The summed E-state index contributed by atoms with van der Waals surface area (Å²) in [5, 5.41) is 40.3. The fourth-order valence-electron chi connectivity index (χ4n) is 8.38. The van der Waals surface area contributed by atoms with E-state index >= 15 is 0 Å². The standard InChI is InChI=1S/C57H104O9/c1-3-5-7-9-11-13-15-17-19-21-23-24-25-26-27-28-29-30-32-34-36-38-40-42-44-46-53(59)65-51(50-64-57-56(62)55(61)54(60)52(48-58)66-57)49-63-47-45-43-41-39-37-35-33-31-22-20-18-16-14-12-10-8-6-4-2/h15,17-18,20-21,23,25-26,51-52,54-58,60-62H,3-14,16,19,22,24,27-50H2,1-2H3/b17-15-,20-18-,23-21-,26-25-. The lowest BCUT2D eigenvalue weighted by molar-refractivity contribution is -0.305. The molecule has 1 saturated heterocycles. The maximum Gasteiger partial charge on any atom is 0.306 e. The van der Waals surface area contributed by atoms with Crippen LogP contribution in [0.25, 0.3) is 0 Å². The molecule has 1 rings (SSSR count). The van der Waals surface area contributed by atoms with Gasteiger partial charge in [-0.3, -0.25) is 4.79 Å². The molecule has 1 fully saturated rings. The fraction of sp³-hybridized carbons (Fsp3) is 0.842. The van der Waals surface area contributed by atoms with Gasteiger partial charge in [-0.05, 0) is 77.0 Å². The molecule has 0 saturated carbocycles. The SMILES string of the molecule is CCCCCCC/C=C\C/C=C\C/C=C\CCCCCCCCCCCCC(=O)OC(COCCCCCCCCCC/C=C\CCCCCCCC)COC1OC(CO)C(O)C(O)C1O. The summed E-state index contributed by atoms with van der Waals surface area (Å²) >= 11 is 0. The molecule has 66 heavy (non-hydrogen) atoms. The Labute approximate surface area is 405 Å². The first-order valence-corrected chi connectivity index (χ1v) is 27.7. The predicted octanol–water partition coefficient (Wildman–Crippen LogP) is 14.0. The van der Waals surface area contributed by atoms with Crippen molar-refractivity contribution < 1.29 is 44.2 Å². The Balaban J connectivity index is 2.17. The Hall–Kier alpha value is -1.85. The van der Waals surface area contributed by atoms with Gasteiger partial charge >= 0.3 is 5.97 Å². The van der Waals surface area contributed by atoms with Gasteiger partial charge < -0.3 is 39.4 Å². The van der Waals surface area contributed by atoms with E-state index in [-0.39, 0.29) is 19.2 Å². The number of carbonyl (C=O) groups is 1. The van der Waals surface area contributed by atoms with Crippen molar-refractivity contribution in [2.45, 2.75) is 282 Å². The number of esters is 1. The topological polar surface area (TPSA) is 135 Å². The summed E-state index contributed by atoms with van der Waals surface area (Å²) in [6.45, 7) is 4.56. The molecule has 0 bridgehead atoms. The first-order valence-electron chi connectivity index (χ1n) is 27.7. The van der Waals surface area contributed by atoms with Crippen LogP contribution in [-0.4, -0.2) is 89.6 Å². The Morgan fingerprint density at radius 1 is 0.485 bits per heavy atom. The zero-order chi connectivity index (χ0) is 47.8. The van der Waals surface area contributed by atoms with E-state index in [1.165, 1.54) is 180 Å². The number of unbranched alkanes of at least 4 members (excludes halogenated alkanes) is 29. The van der Waals surface area contributed by atoms with Crippen molar-refractivity contribution in [2.75, 3.05) is 26.4 Å². The van der Waals surface area contributed by atoms with Crippen LogP contribution in [0.1, 0.15) is 245 Å². The molecule has 6 unspecified atom stereocenters. The minimum Gasteiger partial charge on any atom is -0.457 e. The average molecular weight is 933 g/mol. The van der Waals surface area contributed by atoms with E-state index in [9.17, 15) is 25.2 Å². The molecular weight excluding hydrogens is 829 g/mol. The number of allylic oxidation sites excluding steroid dienone is 8. The maximum atomic E-state index is 12.9. The summed E-state index contributed by atoms with van der Waals surface area (Å²) in [5.41, 5.74) is 0. The van der Waals surface area contributed by atoms with Gasteiger partial charge in [-0.2, -0.15) is 0 Å². The minimum atomic E-state index is -1.54. The second-order valence-electron chi connectivity index (χ2n) is 19.0. The zero-order valence-electron chi connectivity index (χ0n) is 42.7. The van der Waals surface area contributed by atoms with Gasteiger partial charge in [-0.1, -0.05) is 210 Å². The molecule has 1 aliphatic rings. The fourth-order valence-corrected chi connectivity index (χ4v) is 8.38. The molecule has 0 aliphatic carbocycles. The van der Waals surface area contributed by atoms with Gasteiger partial charge in [0.05, 0.1) is 19.8 Å². The first kappa shape index (κ1) is 62.2. The lowest BCUT2D eigenvalue weighted by Gasteiger charge is -2.39. The summed E-state index contributed by atoms with van der Waals surface area (Å²) in [7, 11) is 0. The Morgan fingerprint density at radius 3 is 1.33 bits per heavy atom. The maximum absolute atomic E-state index is 12.9. The largest absolute Gasteiger partial charge is 0.457 e. The van der Waals surface area contributed by atoms with Gasteiger partial charge in [0.25, 0.3) is 0 Å². The number of hydrogen-bond acceptors (Lipinski definition) is 9. The number of carbonyl (C=O) groups excluding carboxylic acids is 1. The Bertz CT molecular complexity index is 1150. The summed E-state index contributed by atoms with van der Waals surface area (Å²) < 4.78 is 22.9. The normalized spacial score (nSPS) is 19.6. The highest BCUT2D eigenvalue weighted by molar-refractivity contribution is 5.69. The summed E-state index contributed by atoms with van der Waals surface area (Å²) in [5.74, 6) is -0.317. The quantitative estimate of drug-likeness (QED) is 0.0267. The molecule has 0 spiro atoms. The average Bonchev–Trinajstić information content (AvgIpc) is 3.32. The van der Waals surface area contributed by atoms with Gasteiger partial charge in [-0.25, -0.2) is 0 Å². The van der Waals surface area contributed by atoms with Crippen molar-refractivity contribution in [1.82, 2.24) is 0 Å². The molecule has 9 heteroatoms. The highest BCUT2D eigenvalue weighted by atomic mass is 16.7. The van der Waals surface area contributed by atoms with Crippen molar-refractivity contribution in [3.05, 3.63) is 48.6 Å². The molecule has 9 nitrogen and oxygen atoms in total. The van der Waals surface area contributed by atoms with Crippen LogP contribution in [0.5, 0.6) is 0 Å². The second kappa shape index (κ2) is 48.2. The molecule has 4 N–H and O–H groups in total. The molecule has 1 heterocycles. The van der Waals surface area contributed by atoms with E-state index in [2.05, 4.69) is 62.5 Å². The molecule has 1 aliphatic heterocycles. The zero-order valence-corrected chi connectivity index (χ0v) is 42.7. The van der Waals surface area contributed by atoms with Gasteiger partial charge in [-0.15, -0.1) is 0 Å². The van der Waals surface area contributed by atoms with Crippen molar-refractivity contribution in [3.63, 3.8) is 0 Å². The molecule has 0 aromatic carbocycles. The Kier molecular flexibility index (Phi) is 45.4. The minimum absolute atomic E-state index is 0.116. The third-order valence-corrected chi connectivity index (χ3v) is 12.7. The summed E-state index contributed by atoms with van der Waals surface area (Å²) in [6, 6.07) is 0. The molecule has 0 aromatic heterocycles. The number of aliphatic hydroxyl groups is 4. The molecule has 6 atom stereocenters. The molecular formula is C57H104O9. The van der Waals surface area contributed by atoms with Crippen LogP contribution in [-0.2, 0) is 23.7 Å². The van der Waals surface area contributed by atoms with Crippen molar-refractivity contribution >= 4 is 5.97 Å². The van der Waals surface area contributed by atoms with E-state index in [1.54, 1.807) is 0 Å². The van der Waals surface area contributed by atoms with Crippen LogP contribution in [0.3, 0.4) is 0 Å². The molecule has 0 aromatic rings. The van der Waals surface area contributed by atoms with Crippen LogP contribution in [0.15, 0.2) is 48.6 Å². The van der Waals surface area contributed by atoms with Crippen molar-refractivity contribution in [1.29, 1.82) is 0 Å². The molecule has 0 amide bonds. The summed E-state index contributed by atoms with van der Waals surface area (Å²) in [4.78, 5) is 12.9. The van der Waals surface area contributed by atoms with Gasteiger partial charge in [0.15, 0.2) is 6.29 Å². The van der Waals surface area contributed by atoms with Crippen molar-refractivity contribution in [3.8, 4) is 0 Å². The van der Waals surface area contributed by atoms with E-state index in [0.29, 0.717) is 13.0 Å². The third kappa shape index (κ3) is 38.1. The number of ether oxygens (including phenoxy) is 4. The van der Waals surface area contributed by atoms with Crippen LogP contribution in [0.4, 0.5) is 0 Å². The lowest BCUT2D eigenvalue weighted by atomic mass is 9.99. The number of aliphatic hydroxyl groups excluding tert-OH is 4. The molecule has 0 radical (unpaired) electrons. The highest BCUT2D eigenvalue weighted by Gasteiger charge is 2.44. The van der Waals surface area contributed by atoms with Gasteiger partial charge in [0, 0.05) is 13.0 Å². The summed E-state index contributed by atoms with van der Waals surface area (Å²) in [6.07, 6.45) is 54.3. The van der Waals surface area contributed by atoms with E-state index in [0.717, 1.165) is 44.9 Å². The number of rotatable bonds is 48. The van der Waals surface area contributed by atoms with E-state index in [4.69, 9.17) is 18.9 Å². The van der Waals surface area contributed by atoms with E-state index < -0.39 is 43.4 Å². The highest BCUT2D eigenvalue weighted by Crippen LogP contribution is 2.23. The van der Waals surface area contributed by atoms with E-state index in [1.807, 2.05) is 0 Å². The van der Waals surface area contributed by atoms with Crippen LogP contribution in [0.2, 0.25) is 0 Å². The van der Waals surface area contributed by atoms with Gasteiger partial charge in [0.1, 0.15) is 30.5 Å². The van der Waals surface area contributed by atoms with Crippen molar-refractivity contribution in [2.24, 2.45) is 0 Å². The smallest absolute Gasteiger partial charge is 0.306 e.